The molecule has 4 nitrogen and oxygen atoms in total. The fourth-order valence-electron chi connectivity index (χ4n) is 3.32. The van der Waals surface area contributed by atoms with E-state index in [1.807, 2.05) is 87.5 Å². The molecular weight excluding hydrogens is 430 g/mol. The first-order chi connectivity index (χ1) is 13.8. The van der Waals surface area contributed by atoms with E-state index in [0.717, 1.165) is 37.6 Å². The molecule has 0 saturated carbocycles. The number of hydrogen-bond acceptors (Lipinski definition) is 3. The van der Waals surface area contributed by atoms with Crippen molar-refractivity contribution in [3.63, 3.8) is 0 Å². The highest BCUT2D eigenvalue weighted by atomic mass is 79.9. The number of hydrogen-bond donors (Lipinski definition) is 0. The fraction of sp³-hybridized carbons (Fsp3) is 0.208. The summed E-state index contributed by atoms with van der Waals surface area (Å²) in [5.41, 5.74) is 2.10. The zero-order chi connectivity index (χ0) is 20.6. The molecule has 4 aromatic rings. The van der Waals surface area contributed by atoms with Gasteiger partial charge in [0.1, 0.15) is 18.0 Å². The summed E-state index contributed by atoms with van der Waals surface area (Å²) in [6, 6.07) is 21.7. The third kappa shape index (κ3) is 4.01. The number of para-hydroxylation sites is 1. The van der Waals surface area contributed by atoms with E-state index in [1.54, 1.807) is 4.57 Å². The smallest absolute Gasteiger partial charge is 0.419 e. The first-order valence-corrected chi connectivity index (χ1v) is 10.3. The van der Waals surface area contributed by atoms with Crippen LogP contribution in [0.5, 0.6) is 5.75 Å². The summed E-state index contributed by atoms with van der Waals surface area (Å²) in [5.74, 6) is 0.730. The number of carbonyl (C=O) groups excluding carboxylic acids is 1. The Morgan fingerprint density at radius 3 is 2.34 bits per heavy atom. The van der Waals surface area contributed by atoms with Crippen molar-refractivity contribution in [3.8, 4) is 5.75 Å². The zero-order valence-electron chi connectivity index (χ0n) is 16.6. The van der Waals surface area contributed by atoms with Crippen molar-refractivity contribution in [2.75, 3.05) is 0 Å². The predicted octanol–water partition coefficient (Wildman–Crippen LogP) is 6.92. The van der Waals surface area contributed by atoms with Crippen molar-refractivity contribution in [3.05, 3.63) is 76.8 Å². The molecule has 0 amide bonds. The van der Waals surface area contributed by atoms with Gasteiger partial charge in [0.25, 0.3) is 0 Å². The number of nitrogens with zero attached hydrogens (tertiary/aromatic N) is 1. The summed E-state index contributed by atoms with van der Waals surface area (Å²) in [7, 11) is 0. The van der Waals surface area contributed by atoms with Gasteiger partial charge in [0, 0.05) is 10.8 Å². The quantitative estimate of drug-likeness (QED) is 0.339. The van der Waals surface area contributed by atoms with Gasteiger partial charge in [0.15, 0.2) is 0 Å². The molecule has 0 N–H and O–H groups in total. The second-order valence-electron chi connectivity index (χ2n) is 7.91. The van der Waals surface area contributed by atoms with Crippen LogP contribution in [0, 0.1) is 0 Å². The van der Waals surface area contributed by atoms with Gasteiger partial charge in [-0.15, -0.1) is 0 Å². The summed E-state index contributed by atoms with van der Waals surface area (Å²) in [6.45, 7) is 6.06. The van der Waals surface area contributed by atoms with Crippen molar-refractivity contribution in [1.82, 2.24) is 4.57 Å². The van der Waals surface area contributed by atoms with Crippen molar-refractivity contribution < 1.29 is 14.3 Å². The van der Waals surface area contributed by atoms with Gasteiger partial charge in [-0.3, -0.25) is 0 Å². The average molecular weight is 452 g/mol. The van der Waals surface area contributed by atoms with Gasteiger partial charge in [-0.2, -0.15) is 0 Å². The van der Waals surface area contributed by atoms with E-state index in [4.69, 9.17) is 9.47 Å². The molecule has 0 aliphatic heterocycles. The molecule has 0 atom stereocenters. The molecule has 0 bridgehead atoms. The van der Waals surface area contributed by atoms with E-state index in [-0.39, 0.29) is 0 Å². The van der Waals surface area contributed by atoms with Crippen LogP contribution in [0.2, 0.25) is 0 Å². The van der Waals surface area contributed by atoms with Gasteiger partial charge >= 0.3 is 6.09 Å². The normalized spacial score (nSPS) is 11.7. The van der Waals surface area contributed by atoms with Gasteiger partial charge in [-0.1, -0.05) is 48.5 Å². The van der Waals surface area contributed by atoms with Crippen LogP contribution in [-0.2, 0) is 11.3 Å². The van der Waals surface area contributed by atoms with Crippen molar-refractivity contribution in [2.45, 2.75) is 33.0 Å². The Kier molecular flexibility index (Phi) is 5.09. The lowest BCUT2D eigenvalue weighted by Gasteiger charge is -2.20. The Labute approximate surface area is 178 Å². The number of aromatic nitrogens is 1. The average Bonchev–Trinajstić information content (AvgIpc) is 2.99. The second-order valence-corrected chi connectivity index (χ2v) is 8.76. The lowest BCUT2D eigenvalue weighted by Crippen LogP contribution is -2.27. The predicted molar refractivity (Wildman–Crippen MR) is 120 cm³/mol. The molecule has 0 aliphatic carbocycles. The summed E-state index contributed by atoms with van der Waals surface area (Å²) in [4.78, 5) is 13.0. The topological polar surface area (TPSA) is 40.5 Å². The highest BCUT2D eigenvalue weighted by molar-refractivity contribution is 9.10. The van der Waals surface area contributed by atoms with E-state index in [2.05, 4.69) is 15.9 Å². The van der Waals surface area contributed by atoms with Crippen LogP contribution in [0.15, 0.2) is 71.2 Å². The summed E-state index contributed by atoms with van der Waals surface area (Å²) < 4.78 is 14.1. The third-order valence-electron chi connectivity index (χ3n) is 4.54. The number of halogens is 1. The maximum atomic E-state index is 13.0. The van der Waals surface area contributed by atoms with Gasteiger partial charge in [-0.25, -0.2) is 9.36 Å². The molecule has 0 aliphatic rings. The third-order valence-corrected chi connectivity index (χ3v) is 5.16. The lowest BCUT2D eigenvalue weighted by molar-refractivity contribution is 0.0551. The molecule has 5 heteroatoms. The van der Waals surface area contributed by atoms with Crippen molar-refractivity contribution in [1.29, 1.82) is 0 Å². The monoisotopic (exact) mass is 451 g/mol. The van der Waals surface area contributed by atoms with Crippen LogP contribution in [0.4, 0.5) is 4.79 Å². The van der Waals surface area contributed by atoms with Gasteiger partial charge in [-0.05, 0) is 60.5 Å². The van der Waals surface area contributed by atoms with Crippen molar-refractivity contribution >= 4 is 43.8 Å². The second kappa shape index (κ2) is 7.56. The van der Waals surface area contributed by atoms with Crippen LogP contribution in [0.3, 0.4) is 0 Å². The van der Waals surface area contributed by atoms with Gasteiger partial charge in [0.2, 0.25) is 0 Å². The number of rotatable bonds is 3. The molecular formula is C24H22BrNO3. The lowest BCUT2D eigenvalue weighted by atomic mass is 10.1. The number of benzene rings is 3. The molecule has 0 radical (unpaired) electrons. The Morgan fingerprint density at radius 1 is 0.931 bits per heavy atom. The summed E-state index contributed by atoms with van der Waals surface area (Å²) >= 11 is 3.60. The molecule has 4 rings (SSSR count). The Morgan fingerprint density at radius 2 is 1.62 bits per heavy atom. The Hall–Kier alpha value is -2.79. The largest absolute Gasteiger partial charge is 0.488 e. The van der Waals surface area contributed by atoms with Crippen LogP contribution in [0.25, 0.3) is 21.8 Å². The first kappa shape index (κ1) is 19.5. The molecule has 3 aromatic carbocycles. The van der Waals surface area contributed by atoms with E-state index in [1.165, 1.54) is 0 Å². The number of ether oxygens (including phenoxy) is 2. The molecule has 0 spiro atoms. The highest BCUT2D eigenvalue weighted by Gasteiger charge is 2.23. The van der Waals surface area contributed by atoms with E-state index < -0.39 is 11.7 Å². The van der Waals surface area contributed by atoms with Gasteiger partial charge < -0.3 is 9.47 Å². The van der Waals surface area contributed by atoms with E-state index in [9.17, 15) is 4.79 Å². The molecule has 148 valence electrons. The molecule has 0 unspecified atom stereocenters. The molecule has 0 fully saturated rings. The maximum absolute atomic E-state index is 13.0. The standard InChI is InChI=1S/C24H22BrNO3/c1-24(2,3)29-23(27)26-20-12-8-7-11-17(20)18-13-22(19(25)14-21(18)26)28-15-16-9-5-4-6-10-16/h4-14H,15H2,1-3H3. The summed E-state index contributed by atoms with van der Waals surface area (Å²) in [5, 5.41) is 1.92. The molecule has 1 aromatic heterocycles. The fourth-order valence-corrected chi connectivity index (χ4v) is 3.77. The van der Waals surface area contributed by atoms with Crippen LogP contribution in [0.1, 0.15) is 26.3 Å². The van der Waals surface area contributed by atoms with E-state index >= 15 is 0 Å². The van der Waals surface area contributed by atoms with E-state index in [0.29, 0.717) is 6.61 Å². The molecule has 0 saturated heterocycles. The maximum Gasteiger partial charge on any atom is 0.419 e. The minimum atomic E-state index is -0.579. The Bertz CT molecular complexity index is 1190. The van der Waals surface area contributed by atoms with Crippen LogP contribution < -0.4 is 4.74 Å². The minimum Gasteiger partial charge on any atom is -0.488 e. The minimum absolute atomic E-state index is 0.395. The van der Waals surface area contributed by atoms with Crippen LogP contribution in [-0.4, -0.2) is 16.3 Å². The summed E-state index contributed by atoms with van der Waals surface area (Å²) in [6.07, 6.45) is -0.395. The zero-order valence-corrected chi connectivity index (χ0v) is 18.2. The Balaban J connectivity index is 1.81. The SMILES string of the molecule is CC(C)(C)OC(=O)n1c2ccccc2c2cc(OCc3ccccc3)c(Br)cc21. The number of carbonyl (C=O) groups is 1. The highest BCUT2D eigenvalue weighted by Crippen LogP contribution is 2.37. The van der Waals surface area contributed by atoms with Crippen molar-refractivity contribution in [2.24, 2.45) is 0 Å². The molecule has 1 heterocycles. The number of fused-ring (bicyclic) bond motifs is 3. The molecule has 29 heavy (non-hydrogen) atoms. The first-order valence-electron chi connectivity index (χ1n) is 9.46. The van der Waals surface area contributed by atoms with Crippen LogP contribution >= 0.6 is 15.9 Å². The van der Waals surface area contributed by atoms with Gasteiger partial charge in [0.05, 0.1) is 15.5 Å².